The van der Waals surface area contributed by atoms with Gasteiger partial charge < -0.3 is 9.42 Å². The maximum atomic E-state index is 14.2. The largest absolute Gasteiger partial charge is 0.337 e. The van der Waals surface area contributed by atoms with E-state index < -0.39 is 0 Å². The second kappa shape index (κ2) is 7.40. The van der Waals surface area contributed by atoms with Gasteiger partial charge in [-0.1, -0.05) is 50.9 Å². The molecule has 0 bridgehead atoms. The second-order valence-corrected chi connectivity index (χ2v) is 7.63. The van der Waals surface area contributed by atoms with Gasteiger partial charge in [0.15, 0.2) is 0 Å². The van der Waals surface area contributed by atoms with Gasteiger partial charge in [0.25, 0.3) is 0 Å². The van der Waals surface area contributed by atoms with Crippen LogP contribution in [-0.2, 0) is 11.3 Å². The number of likely N-dealkylation sites (tertiary alicyclic amines) is 1. The van der Waals surface area contributed by atoms with Crippen molar-refractivity contribution in [3.63, 3.8) is 0 Å². The fourth-order valence-electron chi connectivity index (χ4n) is 3.14. The van der Waals surface area contributed by atoms with Crippen LogP contribution in [0.2, 0.25) is 5.02 Å². The van der Waals surface area contributed by atoms with Crippen LogP contribution in [0.15, 0.2) is 51.5 Å². The van der Waals surface area contributed by atoms with Crippen molar-refractivity contribution >= 4 is 33.4 Å². The number of nitrogens with zero attached hydrogens (tertiary/aromatic N) is 3. The molecule has 138 valence electrons. The Kier molecular flexibility index (Phi) is 4.97. The van der Waals surface area contributed by atoms with Crippen molar-refractivity contribution in [2.24, 2.45) is 0 Å². The maximum Gasteiger partial charge on any atom is 0.249 e. The minimum Gasteiger partial charge on any atom is -0.337 e. The number of amides is 1. The molecular weight excluding hydrogens is 437 g/mol. The highest BCUT2D eigenvalue weighted by molar-refractivity contribution is 9.10. The third-order valence-corrected chi connectivity index (χ3v) is 5.22. The van der Waals surface area contributed by atoms with Crippen molar-refractivity contribution in [1.29, 1.82) is 0 Å². The van der Waals surface area contributed by atoms with Gasteiger partial charge in [-0.05, 0) is 30.7 Å². The van der Waals surface area contributed by atoms with Crippen LogP contribution in [-0.4, -0.2) is 20.9 Å². The smallest absolute Gasteiger partial charge is 0.249 e. The molecule has 0 saturated carbocycles. The quantitative estimate of drug-likeness (QED) is 0.551. The molecule has 3 aromatic rings. The SMILES string of the molecule is O=C1CCC(c2nc(-c3cccc(Cl)c3)no2)N1Cc1ccc(Br)cc1F. The number of carbonyl (C=O) groups excluding carboxylic acids is 1. The fourth-order valence-corrected chi connectivity index (χ4v) is 3.66. The van der Waals surface area contributed by atoms with Gasteiger partial charge in [0.05, 0.1) is 0 Å². The number of halogens is 3. The fraction of sp³-hybridized carbons (Fsp3) is 0.211. The van der Waals surface area contributed by atoms with E-state index in [0.717, 1.165) is 5.56 Å². The lowest BCUT2D eigenvalue weighted by molar-refractivity contribution is -0.130. The Hall–Kier alpha value is -2.25. The molecule has 1 aromatic heterocycles. The minimum absolute atomic E-state index is 0.0650. The van der Waals surface area contributed by atoms with Crippen LogP contribution < -0.4 is 0 Å². The van der Waals surface area contributed by atoms with Crippen LogP contribution >= 0.6 is 27.5 Å². The molecule has 1 atom stereocenters. The topological polar surface area (TPSA) is 59.2 Å². The summed E-state index contributed by atoms with van der Waals surface area (Å²) in [5.41, 5.74) is 1.17. The molecule has 1 aliphatic heterocycles. The van der Waals surface area contributed by atoms with E-state index in [0.29, 0.717) is 39.6 Å². The lowest BCUT2D eigenvalue weighted by Gasteiger charge is -2.22. The Morgan fingerprint density at radius 3 is 2.93 bits per heavy atom. The van der Waals surface area contributed by atoms with Crippen LogP contribution in [0, 0.1) is 5.82 Å². The van der Waals surface area contributed by atoms with E-state index >= 15 is 0 Å². The first-order valence-corrected chi connectivity index (χ1v) is 9.51. The summed E-state index contributed by atoms with van der Waals surface area (Å²) in [5, 5.41) is 4.58. The first-order chi connectivity index (χ1) is 13.0. The molecule has 8 heteroatoms. The van der Waals surface area contributed by atoms with Crippen molar-refractivity contribution in [2.75, 3.05) is 0 Å². The standard InChI is InChI=1S/C19H14BrClFN3O2/c20-13-5-4-12(15(22)9-13)10-25-16(6-7-17(25)26)19-23-18(24-27-19)11-2-1-3-14(21)8-11/h1-5,8-9,16H,6-7,10H2. The van der Waals surface area contributed by atoms with E-state index in [1.54, 1.807) is 35.2 Å². The number of rotatable bonds is 4. The van der Waals surface area contributed by atoms with Crippen molar-refractivity contribution < 1.29 is 13.7 Å². The molecule has 1 unspecified atom stereocenters. The summed E-state index contributed by atoms with van der Waals surface area (Å²) in [7, 11) is 0. The number of hydrogen-bond donors (Lipinski definition) is 0. The molecule has 0 spiro atoms. The van der Waals surface area contributed by atoms with Gasteiger partial charge in [0, 0.05) is 33.6 Å². The Morgan fingerprint density at radius 2 is 2.15 bits per heavy atom. The van der Waals surface area contributed by atoms with Gasteiger partial charge in [-0.2, -0.15) is 4.98 Å². The van der Waals surface area contributed by atoms with Crippen LogP contribution in [0.25, 0.3) is 11.4 Å². The van der Waals surface area contributed by atoms with Crippen molar-refractivity contribution in [3.05, 3.63) is 69.2 Å². The van der Waals surface area contributed by atoms with Gasteiger partial charge in [-0.25, -0.2) is 4.39 Å². The van der Waals surface area contributed by atoms with Crippen molar-refractivity contribution in [3.8, 4) is 11.4 Å². The minimum atomic E-state index is -0.374. The van der Waals surface area contributed by atoms with Crippen LogP contribution in [0.5, 0.6) is 0 Å². The Morgan fingerprint density at radius 1 is 1.30 bits per heavy atom. The molecule has 0 radical (unpaired) electrons. The average Bonchev–Trinajstić information content (AvgIpc) is 3.25. The molecule has 4 rings (SSSR count). The maximum absolute atomic E-state index is 14.2. The Bertz CT molecular complexity index is 1010. The lowest BCUT2D eigenvalue weighted by atomic mass is 10.1. The molecular formula is C19H14BrClFN3O2. The van der Waals surface area contributed by atoms with E-state index in [1.807, 2.05) is 6.07 Å². The molecule has 2 aromatic carbocycles. The number of aromatic nitrogens is 2. The highest BCUT2D eigenvalue weighted by Crippen LogP contribution is 2.34. The molecule has 1 aliphatic rings. The average molecular weight is 451 g/mol. The Labute approximate surface area is 168 Å². The van der Waals surface area contributed by atoms with Crippen LogP contribution in [0.1, 0.15) is 30.3 Å². The molecule has 0 N–H and O–H groups in total. The first-order valence-electron chi connectivity index (χ1n) is 8.34. The van der Waals surface area contributed by atoms with Crippen molar-refractivity contribution in [2.45, 2.75) is 25.4 Å². The van der Waals surface area contributed by atoms with Gasteiger partial charge in [0.1, 0.15) is 11.9 Å². The normalized spacial score (nSPS) is 16.9. The van der Waals surface area contributed by atoms with Gasteiger partial charge in [-0.3, -0.25) is 4.79 Å². The summed E-state index contributed by atoms with van der Waals surface area (Å²) >= 11 is 9.25. The summed E-state index contributed by atoms with van der Waals surface area (Å²) in [6, 6.07) is 11.5. The molecule has 27 heavy (non-hydrogen) atoms. The summed E-state index contributed by atoms with van der Waals surface area (Å²) in [6.07, 6.45) is 0.909. The zero-order chi connectivity index (χ0) is 19.0. The number of carbonyl (C=O) groups is 1. The highest BCUT2D eigenvalue weighted by Gasteiger charge is 2.36. The van der Waals surface area contributed by atoms with Gasteiger partial charge in [-0.15, -0.1) is 0 Å². The predicted octanol–water partition coefficient (Wildman–Crippen LogP) is 5.16. The predicted molar refractivity (Wildman–Crippen MR) is 101 cm³/mol. The van der Waals surface area contributed by atoms with Gasteiger partial charge in [0.2, 0.25) is 17.6 Å². The van der Waals surface area contributed by atoms with Crippen LogP contribution in [0.4, 0.5) is 4.39 Å². The summed E-state index contributed by atoms with van der Waals surface area (Å²) in [6.45, 7) is 0.150. The van der Waals surface area contributed by atoms with E-state index in [2.05, 4.69) is 26.1 Å². The lowest BCUT2D eigenvalue weighted by Crippen LogP contribution is -2.27. The number of benzene rings is 2. The Balaban J connectivity index is 1.60. The van der Waals surface area contributed by atoms with Crippen molar-refractivity contribution in [1.82, 2.24) is 15.0 Å². The molecule has 5 nitrogen and oxygen atoms in total. The monoisotopic (exact) mass is 449 g/mol. The third-order valence-electron chi connectivity index (χ3n) is 4.49. The molecule has 0 aliphatic carbocycles. The van der Waals surface area contributed by atoms with E-state index in [-0.39, 0.29) is 24.3 Å². The zero-order valence-corrected chi connectivity index (χ0v) is 16.4. The van der Waals surface area contributed by atoms with E-state index in [1.165, 1.54) is 6.07 Å². The second-order valence-electron chi connectivity index (χ2n) is 6.28. The molecule has 1 saturated heterocycles. The summed E-state index contributed by atoms with van der Waals surface area (Å²) in [4.78, 5) is 18.4. The first kappa shape index (κ1) is 18.1. The number of hydrogen-bond acceptors (Lipinski definition) is 4. The molecule has 2 heterocycles. The molecule has 1 amide bonds. The highest BCUT2D eigenvalue weighted by atomic mass is 79.9. The molecule has 1 fully saturated rings. The van der Waals surface area contributed by atoms with Gasteiger partial charge >= 0.3 is 0 Å². The third kappa shape index (κ3) is 3.75. The summed E-state index contributed by atoms with van der Waals surface area (Å²) in [5.74, 6) is 0.313. The van der Waals surface area contributed by atoms with E-state index in [9.17, 15) is 9.18 Å². The summed E-state index contributed by atoms with van der Waals surface area (Å²) < 4.78 is 20.3. The van der Waals surface area contributed by atoms with Crippen LogP contribution in [0.3, 0.4) is 0 Å². The van der Waals surface area contributed by atoms with E-state index in [4.69, 9.17) is 16.1 Å². The zero-order valence-electron chi connectivity index (χ0n) is 14.0.